The second-order valence-electron chi connectivity index (χ2n) is 5.56. The minimum atomic E-state index is 0.156. The van der Waals surface area contributed by atoms with Gasteiger partial charge in [-0.1, -0.05) is 47.3 Å². The highest BCUT2D eigenvalue weighted by molar-refractivity contribution is 9.10. The SMILES string of the molecule is NC(CCN1CCCCCCC1)c1cccc(Br)c1. The first-order valence-corrected chi connectivity index (χ1v) is 8.28. The summed E-state index contributed by atoms with van der Waals surface area (Å²) in [5.41, 5.74) is 7.54. The fourth-order valence-electron chi connectivity index (χ4n) is 2.76. The zero-order valence-electron chi connectivity index (χ0n) is 11.7. The van der Waals surface area contributed by atoms with Crippen molar-refractivity contribution in [1.29, 1.82) is 0 Å². The zero-order chi connectivity index (χ0) is 13.5. The van der Waals surface area contributed by atoms with Gasteiger partial charge in [0.25, 0.3) is 0 Å². The van der Waals surface area contributed by atoms with Crippen LogP contribution in [0.1, 0.15) is 50.1 Å². The fourth-order valence-corrected chi connectivity index (χ4v) is 3.18. The molecule has 1 aliphatic rings. The minimum absolute atomic E-state index is 0.156. The van der Waals surface area contributed by atoms with Gasteiger partial charge < -0.3 is 10.6 Å². The zero-order valence-corrected chi connectivity index (χ0v) is 13.2. The van der Waals surface area contributed by atoms with Crippen LogP contribution >= 0.6 is 15.9 Å². The Morgan fingerprint density at radius 2 is 1.79 bits per heavy atom. The van der Waals surface area contributed by atoms with Gasteiger partial charge in [0.05, 0.1) is 0 Å². The van der Waals surface area contributed by atoms with Crippen molar-refractivity contribution in [3.05, 3.63) is 34.3 Å². The summed E-state index contributed by atoms with van der Waals surface area (Å²) >= 11 is 3.51. The van der Waals surface area contributed by atoms with Gasteiger partial charge in [-0.3, -0.25) is 0 Å². The molecular weight excluding hydrogens is 300 g/mol. The van der Waals surface area contributed by atoms with Crippen LogP contribution in [0.5, 0.6) is 0 Å². The first kappa shape index (κ1) is 15.0. The Labute approximate surface area is 125 Å². The average molecular weight is 325 g/mol. The van der Waals surface area contributed by atoms with E-state index in [0.29, 0.717) is 0 Å². The maximum Gasteiger partial charge on any atom is 0.0307 e. The van der Waals surface area contributed by atoms with Crippen molar-refractivity contribution in [3.8, 4) is 0 Å². The Morgan fingerprint density at radius 1 is 1.11 bits per heavy atom. The highest BCUT2D eigenvalue weighted by Crippen LogP contribution is 2.20. The number of rotatable bonds is 4. The number of benzene rings is 1. The molecule has 0 bridgehead atoms. The highest BCUT2D eigenvalue weighted by Gasteiger charge is 2.11. The van der Waals surface area contributed by atoms with Crippen molar-refractivity contribution in [2.24, 2.45) is 5.73 Å². The van der Waals surface area contributed by atoms with E-state index in [1.807, 2.05) is 0 Å². The molecule has 0 amide bonds. The summed E-state index contributed by atoms with van der Waals surface area (Å²) in [5, 5.41) is 0. The maximum absolute atomic E-state index is 6.30. The number of hydrogen-bond acceptors (Lipinski definition) is 2. The van der Waals surface area contributed by atoms with E-state index < -0.39 is 0 Å². The van der Waals surface area contributed by atoms with Crippen molar-refractivity contribution in [2.75, 3.05) is 19.6 Å². The first-order chi connectivity index (χ1) is 9.25. The van der Waals surface area contributed by atoms with Gasteiger partial charge >= 0.3 is 0 Å². The minimum Gasteiger partial charge on any atom is -0.324 e. The van der Waals surface area contributed by atoms with E-state index in [0.717, 1.165) is 17.4 Å². The van der Waals surface area contributed by atoms with Crippen molar-refractivity contribution < 1.29 is 0 Å². The molecule has 0 spiro atoms. The fraction of sp³-hybridized carbons (Fsp3) is 0.625. The number of nitrogens with zero attached hydrogens (tertiary/aromatic N) is 1. The standard InChI is InChI=1S/C16H25BrN2/c17-15-8-6-7-14(13-15)16(18)9-12-19-10-4-2-1-3-5-11-19/h6-8,13,16H,1-5,9-12,18H2. The third-order valence-electron chi connectivity index (χ3n) is 3.98. The van der Waals surface area contributed by atoms with Crippen LogP contribution in [0, 0.1) is 0 Å². The molecule has 2 rings (SSSR count). The van der Waals surface area contributed by atoms with Crippen LogP contribution in [0.3, 0.4) is 0 Å². The molecule has 0 aliphatic carbocycles. The van der Waals surface area contributed by atoms with Gasteiger partial charge in [0.1, 0.15) is 0 Å². The number of hydrogen-bond donors (Lipinski definition) is 1. The topological polar surface area (TPSA) is 29.3 Å². The molecule has 1 aromatic rings. The quantitative estimate of drug-likeness (QED) is 0.903. The van der Waals surface area contributed by atoms with E-state index in [9.17, 15) is 0 Å². The third-order valence-corrected chi connectivity index (χ3v) is 4.48. The van der Waals surface area contributed by atoms with E-state index in [1.54, 1.807) is 0 Å². The van der Waals surface area contributed by atoms with Crippen LogP contribution in [0.4, 0.5) is 0 Å². The lowest BCUT2D eigenvalue weighted by Crippen LogP contribution is -2.30. The summed E-state index contributed by atoms with van der Waals surface area (Å²) in [6.45, 7) is 3.64. The molecular formula is C16H25BrN2. The number of nitrogens with two attached hydrogens (primary N) is 1. The first-order valence-electron chi connectivity index (χ1n) is 7.49. The predicted octanol–water partition coefficient (Wildman–Crippen LogP) is 4.11. The van der Waals surface area contributed by atoms with E-state index in [-0.39, 0.29) is 6.04 Å². The lowest BCUT2D eigenvalue weighted by molar-refractivity contribution is 0.239. The van der Waals surface area contributed by atoms with Gasteiger partial charge in [-0.2, -0.15) is 0 Å². The molecule has 1 fully saturated rings. The normalized spacial score (nSPS) is 19.7. The summed E-state index contributed by atoms with van der Waals surface area (Å²) in [7, 11) is 0. The summed E-state index contributed by atoms with van der Waals surface area (Å²) in [6.07, 6.45) is 7.97. The summed E-state index contributed by atoms with van der Waals surface area (Å²) in [5.74, 6) is 0. The van der Waals surface area contributed by atoms with Gasteiger partial charge in [0.15, 0.2) is 0 Å². The monoisotopic (exact) mass is 324 g/mol. The van der Waals surface area contributed by atoms with E-state index in [1.165, 1.54) is 50.8 Å². The van der Waals surface area contributed by atoms with E-state index >= 15 is 0 Å². The largest absolute Gasteiger partial charge is 0.324 e. The second-order valence-corrected chi connectivity index (χ2v) is 6.48. The molecule has 1 heterocycles. The molecule has 3 heteroatoms. The Kier molecular flexibility index (Phi) is 6.35. The smallest absolute Gasteiger partial charge is 0.0307 e. The lowest BCUT2D eigenvalue weighted by atomic mass is 10.0. The van der Waals surface area contributed by atoms with E-state index in [4.69, 9.17) is 5.73 Å². The maximum atomic E-state index is 6.30. The Morgan fingerprint density at radius 3 is 2.47 bits per heavy atom. The van der Waals surface area contributed by atoms with Gasteiger partial charge in [0, 0.05) is 10.5 Å². The van der Waals surface area contributed by atoms with Gasteiger partial charge in [-0.25, -0.2) is 0 Å². The Bertz CT molecular complexity index is 373. The third kappa shape index (κ3) is 5.25. The van der Waals surface area contributed by atoms with Gasteiger partial charge in [-0.05, 0) is 56.6 Å². The van der Waals surface area contributed by atoms with Crippen LogP contribution in [-0.4, -0.2) is 24.5 Å². The summed E-state index contributed by atoms with van der Waals surface area (Å²) in [6, 6.07) is 8.54. The van der Waals surface area contributed by atoms with Crippen LogP contribution in [0.25, 0.3) is 0 Å². The molecule has 2 nitrogen and oxygen atoms in total. The van der Waals surface area contributed by atoms with Gasteiger partial charge in [0.2, 0.25) is 0 Å². The average Bonchev–Trinajstić information content (AvgIpc) is 2.37. The molecule has 1 unspecified atom stereocenters. The second kappa shape index (κ2) is 8.03. The Balaban J connectivity index is 1.80. The van der Waals surface area contributed by atoms with Crippen molar-refractivity contribution in [2.45, 2.75) is 44.6 Å². The van der Waals surface area contributed by atoms with Gasteiger partial charge in [-0.15, -0.1) is 0 Å². The lowest BCUT2D eigenvalue weighted by Gasteiger charge is -2.25. The molecule has 1 saturated heterocycles. The Hall–Kier alpha value is -0.380. The number of halogens is 1. The summed E-state index contributed by atoms with van der Waals surface area (Å²) < 4.78 is 1.12. The highest BCUT2D eigenvalue weighted by atomic mass is 79.9. The van der Waals surface area contributed by atoms with Crippen molar-refractivity contribution in [3.63, 3.8) is 0 Å². The van der Waals surface area contributed by atoms with Crippen LogP contribution in [0.2, 0.25) is 0 Å². The molecule has 0 saturated carbocycles. The predicted molar refractivity (Wildman–Crippen MR) is 85.2 cm³/mol. The summed E-state index contributed by atoms with van der Waals surface area (Å²) in [4.78, 5) is 2.59. The molecule has 1 atom stereocenters. The molecule has 0 aromatic heterocycles. The van der Waals surface area contributed by atoms with Crippen molar-refractivity contribution in [1.82, 2.24) is 4.90 Å². The molecule has 2 N–H and O–H groups in total. The van der Waals surface area contributed by atoms with Crippen LogP contribution in [0.15, 0.2) is 28.7 Å². The molecule has 1 aromatic carbocycles. The number of likely N-dealkylation sites (tertiary alicyclic amines) is 1. The molecule has 19 heavy (non-hydrogen) atoms. The molecule has 1 aliphatic heterocycles. The van der Waals surface area contributed by atoms with Crippen LogP contribution < -0.4 is 5.73 Å². The van der Waals surface area contributed by atoms with Crippen LogP contribution in [-0.2, 0) is 0 Å². The molecule has 106 valence electrons. The molecule has 0 radical (unpaired) electrons. The van der Waals surface area contributed by atoms with Crippen molar-refractivity contribution >= 4 is 15.9 Å². The van der Waals surface area contributed by atoms with E-state index in [2.05, 4.69) is 45.1 Å².